The SMILES string of the molecule is CC(C)c1nncc2[nH]ccc(=O)c12. The van der Waals surface area contributed by atoms with Crippen LogP contribution >= 0.6 is 0 Å². The van der Waals surface area contributed by atoms with E-state index in [0.717, 1.165) is 11.2 Å². The Bertz CT molecular complexity index is 511. The van der Waals surface area contributed by atoms with Gasteiger partial charge in [-0.25, -0.2) is 0 Å². The maximum absolute atomic E-state index is 11.6. The number of H-pyrrole nitrogens is 1. The molecule has 0 aliphatic rings. The number of nitrogens with one attached hydrogen (secondary N) is 1. The predicted molar refractivity (Wildman–Crippen MR) is 54.2 cm³/mol. The van der Waals surface area contributed by atoms with E-state index in [1.165, 1.54) is 6.07 Å². The quantitative estimate of drug-likeness (QED) is 0.738. The van der Waals surface area contributed by atoms with Crippen LogP contribution in [0.15, 0.2) is 23.3 Å². The summed E-state index contributed by atoms with van der Waals surface area (Å²) < 4.78 is 0. The van der Waals surface area contributed by atoms with E-state index in [9.17, 15) is 4.79 Å². The molecule has 0 radical (unpaired) electrons. The molecule has 1 N–H and O–H groups in total. The lowest BCUT2D eigenvalue weighted by Gasteiger charge is -2.05. The van der Waals surface area contributed by atoms with Gasteiger partial charge >= 0.3 is 0 Å². The van der Waals surface area contributed by atoms with Gasteiger partial charge in [-0.15, -0.1) is 0 Å². The number of nitrogens with zero attached hydrogens (tertiary/aromatic N) is 2. The molecule has 0 bridgehead atoms. The molecular formula is C10H11N3O. The van der Waals surface area contributed by atoms with Crippen LogP contribution in [0.3, 0.4) is 0 Å². The second-order valence-electron chi connectivity index (χ2n) is 3.52. The Balaban J connectivity index is 2.91. The monoisotopic (exact) mass is 189 g/mol. The third-order valence-electron chi connectivity index (χ3n) is 2.14. The average molecular weight is 189 g/mol. The van der Waals surface area contributed by atoms with Crippen molar-refractivity contribution in [3.8, 4) is 0 Å². The zero-order chi connectivity index (χ0) is 10.1. The summed E-state index contributed by atoms with van der Waals surface area (Å²) in [5.74, 6) is 0.203. The number of hydrogen-bond acceptors (Lipinski definition) is 3. The Hall–Kier alpha value is -1.71. The summed E-state index contributed by atoms with van der Waals surface area (Å²) in [5, 5.41) is 8.50. The second-order valence-corrected chi connectivity index (χ2v) is 3.52. The molecule has 2 aromatic rings. The van der Waals surface area contributed by atoms with Crippen molar-refractivity contribution in [3.63, 3.8) is 0 Å². The van der Waals surface area contributed by atoms with Gasteiger partial charge in [-0.1, -0.05) is 13.8 Å². The van der Waals surface area contributed by atoms with Crippen molar-refractivity contribution >= 4 is 10.9 Å². The minimum atomic E-state index is -0.00245. The minimum absolute atomic E-state index is 0.00245. The van der Waals surface area contributed by atoms with Crippen LogP contribution < -0.4 is 5.43 Å². The summed E-state index contributed by atoms with van der Waals surface area (Å²) in [6.07, 6.45) is 3.19. The van der Waals surface area contributed by atoms with Gasteiger partial charge in [0, 0.05) is 12.3 Å². The molecule has 72 valence electrons. The van der Waals surface area contributed by atoms with Crippen molar-refractivity contribution in [2.75, 3.05) is 0 Å². The van der Waals surface area contributed by atoms with Gasteiger partial charge in [-0.05, 0) is 5.92 Å². The topological polar surface area (TPSA) is 58.6 Å². The van der Waals surface area contributed by atoms with E-state index in [1.807, 2.05) is 13.8 Å². The molecule has 0 atom stereocenters. The van der Waals surface area contributed by atoms with Crippen molar-refractivity contribution in [3.05, 3.63) is 34.4 Å². The molecule has 2 heterocycles. The fraction of sp³-hybridized carbons (Fsp3) is 0.300. The van der Waals surface area contributed by atoms with Crippen LogP contribution in [-0.2, 0) is 0 Å². The molecule has 0 spiro atoms. The van der Waals surface area contributed by atoms with Crippen LogP contribution in [0.2, 0.25) is 0 Å². The Labute approximate surface area is 81.0 Å². The largest absolute Gasteiger partial charge is 0.360 e. The fourth-order valence-corrected chi connectivity index (χ4v) is 1.46. The van der Waals surface area contributed by atoms with Gasteiger partial charge in [0.05, 0.1) is 22.8 Å². The van der Waals surface area contributed by atoms with Gasteiger partial charge in [0.15, 0.2) is 5.43 Å². The van der Waals surface area contributed by atoms with Crippen molar-refractivity contribution in [1.82, 2.24) is 15.2 Å². The Kier molecular flexibility index (Phi) is 2.04. The summed E-state index contributed by atoms with van der Waals surface area (Å²) >= 11 is 0. The molecule has 2 aromatic heterocycles. The summed E-state index contributed by atoms with van der Waals surface area (Å²) in [4.78, 5) is 14.6. The lowest BCUT2D eigenvalue weighted by Crippen LogP contribution is -2.07. The third-order valence-corrected chi connectivity index (χ3v) is 2.14. The van der Waals surface area contributed by atoms with Crippen LogP contribution in [-0.4, -0.2) is 15.2 Å². The maximum atomic E-state index is 11.6. The average Bonchev–Trinajstić information content (AvgIpc) is 2.17. The van der Waals surface area contributed by atoms with Gasteiger partial charge in [0.1, 0.15) is 0 Å². The first-order chi connectivity index (χ1) is 6.70. The molecule has 0 aromatic carbocycles. The van der Waals surface area contributed by atoms with Crippen molar-refractivity contribution < 1.29 is 0 Å². The number of pyridine rings is 1. The predicted octanol–water partition coefficient (Wildman–Crippen LogP) is 1.44. The summed E-state index contributed by atoms with van der Waals surface area (Å²) in [5.41, 5.74) is 1.50. The molecule has 4 heteroatoms. The molecule has 0 saturated carbocycles. The second kappa shape index (κ2) is 3.21. The highest BCUT2D eigenvalue weighted by Crippen LogP contribution is 2.16. The van der Waals surface area contributed by atoms with Gasteiger partial charge in [-0.2, -0.15) is 10.2 Å². The van der Waals surface area contributed by atoms with Gasteiger partial charge < -0.3 is 4.98 Å². The molecule has 0 unspecified atom stereocenters. The molecule has 0 aliphatic carbocycles. The van der Waals surface area contributed by atoms with E-state index in [1.54, 1.807) is 12.4 Å². The van der Waals surface area contributed by atoms with Crippen LogP contribution in [0.25, 0.3) is 10.9 Å². The summed E-state index contributed by atoms with van der Waals surface area (Å²) in [6, 6.07) is 1.51. The number of aromatic nitrogens is 3. The molecular weight excluding hydrogens is 178 g/mol. The summed E-state index contributed by atoms with van der Waals surface area (Å²) in [7, 11) is 0. The molecule has 0 saturated heterocycles. The lowest BCUT2D eigenvalue weighted by atomic mass is 10.1. The Morgan fingerprint density at radius 2 is 2.21 bits per heavy atom. The van der Waals surface area contributed by atoms with E-state index in [4.69, 9.17) is 0 Å². The van der Waals surface area contributed by atoms with E-state index in [2.05, 4.69) is 15.2 Å². The van der Waals surface area contributed by atoms with E-state index >= 15 is 0 Å². The first-order valence-corrected chi connectivity index (χ1v) is 4.53. The first-order valence-electron chi connectivity index (χ1n) is 4.53. The van der Waals surface area contributed by atoms with E-state index in [0.29, 0.717) is 5.39 Å². The number of rotatable bonds is 1. The molecule has 0 fully saturated rings. The van der Waals surface area contributed by atoms with E-state index in [-0.39, 0.29) is 11.3 Å². The maximum Gasteiger partial charge on any atom is 0.191 e. The van der Waals surface area contributed by atoms with E-state index < -0.39 is 0 Å². The van der Waals surface area contributed by atoms with Gasteiger partial charge in [0.2, 0.25) is 0 Å². The molecule has 0 aliphatic heterocycles. The lowest BCUT2D eigenvalue weighted by molar-refractivity contribution is 0.797. The Morgan fingerprint density at radius 1 is 1.43 bits per heavy atom. The van der Waals surface area contributed by atoms with Crippen molar-refractivity contribution in [2.24, 2.45) is 0 Å². The van der Waals surface area contributed by atoms with Gasteiger partial charge in [0.25, 0.3) is 0 Å². The van der Waals surface area contributed by atoms with Crippen LogP contribution in [0.5, 0.6) is 0 Å². The molecule has 0 amide bonds. The molecule has 4 nitrogen and oxygen atoms in total. The highest BCUT2D eigenvalue weighted by Gasteiger charge is 2.09. The van der Waals surface area contributed by atoms with Crippen LogP contribution in [0, 0.1) is 0 Å². The zero-order valence-corrected chi connectivity index (χ0v) is 8.11. The highest BCUT2D eigenvalue weighted by atomic mass is 16.1. The fourth-order valence-electron chi connectivity index (χ4n) is 1.46. The number of aromatic amines is 1. The third kappa shape index (κ3) is 1.28. The van der Waals surface area contributed by atoms with Crippen molar-refractivity contribution in [2.45, 2.75) is 19.8 Å². The molecule has 2 rings (SSSR count). The molecule has 14 heavy (non-hydrogen) atoms. The van der Waals surface area contributed by atoms with Gasteiger partial charge in [-0.3, -0.25) is 4.79 Å². The standard InChI is InChI=1S/C10H11N3O/c1-6(2)10-9-7(5-12-13-10)11-4-3-8(9)14/h3-6H,1-2H3,(H,11,14). The first kappa shape index (κ1) is 8.87. The normalized spacial score (nSPS) is 11.1. The highest BCUT2D eigenvalue weighted by molar-refractivity contribution is 5.79. The smallest absolute Gasteiger partial charge is 0.191 e. The van der Waals surface area contributed by atoms with Crippen molar-refractivity contribution in [1.29, 1.82) is 0 Å². The minimum Gasteiger partial charge on any atom is -0.360 e. The Morgan fingerprint density at radius 3 is 2.93 bits per heavy atom. The van der Waals surface area contributed by atoms with Crippen LogP contribution in [0.1, 0.15) is 25.5 Å². The zero-order valence-electron chi connectivity index (χ0n) is 8.11. The number of hydrogen-bond donors (Lipinski definition) is 1. The number of fused-ring (bicyclic) bond motifs is 1. The summed E-state index contributed by atoms with van der Waals surface area (Å²) in [6.45, 7) is 3.99. The van der Waals surface area contributed by atoms with Crippen LogP contribution in [0.4, 0.5) is 0 Å².